The van der Waals surface area contributed by atoms with Gasteiger partial charge in [-0.15, -0.1) is 0 Å². The van der Waals surface area contributed by atoms with Crippen LogP contribution in [-0.2, 0) is 0 Å². The lowest BCUT2D eigenvalue weighted by Crippen LogP contribution is -2.29. The van der Waals surface area contributed by atoms with Gasteiger partial charge < -0.3 is 11.1 Å². The zero-order chi connectivity index (χ0) is 5.70. The summed E-state index contributed by atoms with van der Waals surface area (Å²) in [7, 11) is 0. The average Bonchev–Trinajstić information content (AvgIpc) is 1.61. The van der Waals surface area contributed by atoms with Crippen molar-refractivity contribution in [2.24, 2.45) is 5.73 Å². The van der Waals surface area contributed by atoms with Gasteiger partial charge in [0, 0.05) is 0 Å². The fraction of sp³-hybridized carbons (Fsp3) is 0.600. The summed E-state index contributed by atoms with van der Waals surface area (Å²) < 4.78 is 0. The molecule has 0 fully saturated rings. The molecule has 0 aromatic heterocycles. The second-order valence-electron chi connectivity index (χ2n) is 1.46. The van der Waals surface area contributed by atoms with Gasteiger partial charge in [-0.05, 0) is 20.0 Å². The van der Waals surface area contributed by atoms with Gasteiger partial charge in [-0.25, -0.2) is 0 Å². The lowest BCUT2D eigenvalue weighted by Gasteiger charge is -2.00. The average molecular weight is 100 g/mol. The Hall–Kier alpha value is -0.500. The van der Waals surface area contributed by atoms with E-state index in [0.29, 0.717) is 0 Å². The Labute approximate surface area is 44.4 Å². The van der Waals surface area contributed by atoms with E-state index in [-0.39, 0.29) is 6.17 Å². The third-order valence-corrected chi connectivity index (χ3v) is 0.526. The fourth-order valence-electron chi connectivity index (χ4n) is 0.248. The maximum atomic E-state index is 5.32. The van der Waals surface area contributed by atoms with Crippen LogP contribution in [0.4, 0.5) is 0 Å². The molecule has 7 heavy (non-hydrogen) atoms. The molecule has 0 aliphatic carbocycles. The second-order valence-corrected chi connectivity index (χ2v) is 1.46. The molecule has 0 bridgehead atoms. The van der Waals surface area contributed by atoms with Gasteiger partial charge in [0.05, 0.1) is 6.17 Å². The molecular formula is C5H12N2. The lowest BCUT2D eigenvalue weighted by molar-refractivity contribution is 0.670. The minimum Gasteiger partial charge on any atom is -0.377 e. The van der Waals surface area contributed by atoms with Gasteiger partial charge in [0.25, 0.3) is 0 Å². The number of hydrogen-bond acceptors (Lipinski definition) is 2. The quantitative estimate of drug-likeness (QED) is 0.493. The number of hydrogen-bond donors (Lipinski definition) is 2. The molecule has 2 heteroatoms. The smallest absolute Gasteiger partial charge is 0.0709 e. The largest absolute Gasteiger partial charge is 0.377 e. The lowest BCUT2D eigenvalue weighted by atomic mass is 10.6. The molecule has 0 rings (SSSR count). The minimum atomic E-state index is 0.0659. The first kappa shape index (κ1) is 6.50. The molecule has 42 valence electrons. The monoisotopic (exact) mass is 100 g/mol. The Morgan fingerprint density at radius 3 is 2.43 bits per heavy atom. The zero-order valence-corrected chi connectivity index (χ0v) is 4.81. The zero-order valence-electron chi connectivity index (χ0n) is 4.81. The Morgan fingerprint density at radius 1 is 1.71 bits per heavy atom. The van der Waals surface area contributed by atoms with E-state index in [0.717, 1.165) is 0 Å². The van der Waals surface area contributed by atoms with E-state index in [9.17, 15) is 0 Å². The van der Waals surface area contributed by atoms with Crippen LogP contribution < -0.4 is 11.1 Å². The molecule has 1 unspecified atom stereocenters. The van der Waals surface area contributed by atoms with Crippen LogP contribution in [0.3, 0.4) is 0 Å². The van der Waals surface area contributed by atoms with Crippen LogP contribution in [0.25, 0.3) is 0 Å². The van der Waals surface area contributed by atoms with Crippen molar-refractivity contribution in [1.29, 1.82) is 0 Å². The number of allylic oxidation sites excluding steroid dienone is 1. The molecule has 3 N–H and O–H groups in total. The van der Waals surface area contributed by atoms with Gasteiger partial charge >= 0.3 is 0 Å². The van der Waals surface area contributed by atoms with E-state index in [1.54, 1.807) is 0 Å². The predicted octanol–water partition coefficient (Wildman–Crippen LogP) is 0.414. The molecule has 0 heterocycles. The van der Waals surface area contributed by atoms with Crippen LogP contribution in [-0.4, -0.2) is 6.17 Å². The first-order valence-corrected chi connectivity index (χ1v) is 2.40. The van der Waals surface area contributed by atoms with Crippen LogP contribution in [0, 0.1) is 0 Å². The van der Waals surface area contributed by atoms with E-state index in [1.165, 1.54) is 0 Å². The maximum Gasteiger partial charge on any atom is 0.0709 e. The molecule has 0 aliphatic rings. The molecule has 0 saturated heterocycles. The van der Waals surface area contributed by atoms with Crippen molar-refractivity contribution in [3.8, 4) is 0 Å². The normalized spacial score (nSPS) is 14.7. The maximum absolute atomic E-state index is 5.32. The third kappa shape index (κ3) is 5.50. The topological polar surface area (TPSA) is 38.0 Å². The molecule has 1 atom stereocenters. The summed E-state index contributed by atoms with van der Waals surface area (Å²) >= 11 is 0. The van der Waals surface area contributed by atoms with Crippen LogP contribution >= 0.6 is 0 Å². The van der Waals surface area contributed by atoms with Gasteiger partial charge in [0.15, 0.2) is 0 Å². The van der Waals surface area contributed by atoms with Gasteiger partial charge in [-0.2, -0.15) is 0 Å². The minimum absolute atomic E-state index is 0.0659. The van der Waals surface area contributed by atoms with Crippen molar-refractivity contribution in [2.75, 3.05) is 0 Å². The van der Waals surface area contributed by atoms with Crippen LogP contribution in [0.5, 0.6) is 0 Å². The Morgan fingerprint density at radius 2 is 2.29 bits per heavy atom. The van der Waals surface area contributed by atoms with E-state index < -0.39 is 0 Å². The molecule has 0 aliphatic heterocycles. The van der Waals surface area contributed by atoms with Gasteiger partial charge in [0.2, 0.25) is 0 Å². The summed E-state index contributed by atoms with van der Waals surface area (Å²) in [5.41, 5.74) is 5.32. The van der Waals surface area contributed by atoms with Crippen LogP contribution in [0.2, 0.25) is 0 Å². The summed E-state index contributed by atoms with van der Waals surface area (Å²) in [6.07, 6.45) is 3.80. The summed E-state index contributed by atoms with van der Waals surface area (Å²) in [4.78, 5) is 0. The highest BCUT2D eigenvalue weighted by Gasteiger charge is 1.79. The Balaban J connectivity index is 2.97. The molecular weight excluding hydrogens is 88.1 g/mol. The van der Waals surface area contributed by atoms with Crippen LogP contribution in [0.15, 0.2) is 12.3 Å². The van der Waals surface area contributed by atoms with E-state index in [1.807, 2.05) is 26.1 Å². The molecule has 0 aromatic carbocycles. The number of nitrogens with one attached hydrogen (secondary N) is 1. The van der Waals surface area contributed by atoms with Crippen molar-refractivity contribution >= 4 is 0 Å². The van der Waals surface area contributed by atoms with Gasteiger partial charge in [-0.1, -0.05) is 6.08 Å². The summed E-state index contributed by atoms with van der Waals surface area (Å²) in [5, 5.41) is 2.89. The standard InChI is InChI=1S/C5H12N2/c1-3-4-7-5(2)6/h3-5,7H,6H2,1-2H3/b4-3-. The van der Waals surface area contributed by atoms with Crippen molar-refractivity contribution < 1.29 is 0 Å². The molecule has 0 saturated carbocycles. The molecule has 2 nitrogen and oxygen atoms in total. The second kappa shape index (κ2) is 3.68. The fourth-order valence-corrected chi connectivity index (χ4v) is 0.248. The summed E-state index contributed by atoms with van der Waals surface area (Å²) in [5.74, 6) is 0. The highest BCUT2D eigenvalue weighted by molar-refractivity contribution is 4.74. The number of rotatable bonds is 2. The summed E-state index contributed by atoms with van der Waals surface area (Å²) in [6, 6.07) is 0. The predicted molar refractivity (Wildman–Crippen MR) is 31.6 cm³/mol. The summed E-state index contributed by atoms with van der Waals surface area (Å²) in [6.45, 7) is 3.83. The van der Waals surface area contributed by atoms with E-state index >= 15 is 0 Å². The number of nitrogens with two attached hydrogens (primary N) is 1. The third-order valence-electron chi connectivity index (χ3n) is 0.526. The first-order valence-electron chi connectivity index (χ1n) is 2.40. The van der Waals surface area contributed by atoms with Crippen molar-refractivity contribution in [1.82, 2.24) is 5.32 Å². The van der Waals surface area contributed by atoms with Crippen molar-refractivity contribution in [3.05, 3.63) is 12.3 Å². The van der Waals surface area contributed by atoms with Gasteiger partial charge in [-0.3, -0.25) is 0 Å². The molecule has 0 radical (unpaired) electrons. The Bertz CT molecular complexity index is 57.1. The first-order chi connectivity index (χ1) is 3.27. The highest BCUT2D eigenvalue weighted by Crippen LogP contribution is 1.65. The molecule has 0 aromatic rings. The highest BCUT2D eigenvalue weighted by atomic mass is 15.0. The molecule has 0 amide bonds. The van der Waals surface area contributed by atoms with Crippen molar-refractivity contribution in [3.63, 3.8) is 0 Å². The Kier molecular flexibility index (Phi) is 3.42. The van der Waals surface area contributed by atoms with E-state index in [4.69, 9.17) is 5.73 Å². The SMILES string of the molecule is C/C=C\NC(C)N. The van der Waals surface area contributed by atoms with Crippen molar-refractivity contribution in [2.45, 2.75) is 20.0 Å². The van der Waals surface area contributed by atoms with Gasteiger partial charge in [0.1, 0.15) is 0 Å². The van der Waals surface area contributed by atoms with Crippen LogP contribution in [0.1, 0.15) is 13.8 Å². The molecule has 0 spiro atoms. The van der Waals surface area contributed by atoms with E-state index in [2.05, 4.69) is 5.32 Å².